The summed E-state index contributed by atoms with van der Waals surface area (Å²) in [6, 6.07) is 4.11. The van der Waals surface area contributed by atoms with Gasteiger partial charge in [-0.3, -0.25) is 4.90 Å². The third-order valence-electron chi connectivity index (χ3n) is 3.36. The fourth-order valence-electron chi connectivity index (χ4n) is 2.47. The lowest BCUT2D eigenvalue weighted by atomic mass is 10.3. The first-order chi connectivity index (χ1) is 8.22. The van der Waals surface area contributed by atoms with Crippen molar-refractivity contribution in [1.82, 2.24) is 14.3 Å². The highest BCUT2D eigenvalue weighted by atomic mass is 16.3. The van der Waals surface area contributed by atoms with E-state index in [0.29, 0.717) is 0 Å². The molecular weight excluding hydrogens is 214 g/mol. The van der Waals surface area contributed by atoms with E-state index in [1.165, 1.54) is 5.56 Å². The molecule has 4 heteroatoms. The van der Waals surface area contributed by atoms with Crippen LogP contribution in [0.4, 0.5) is 0 Å². The minimum atomic E-state index is -0.159. The van der Waals surface area contributed by atoms with E-state index in [9.17, 15) is 5.11 Å². The highest BCUT2D eigenvalue weighted by Crippen LogP contribution is 2.15. The molecule has 2 aromatic heterocycles. The van der Waals surface area contributed by atoms with Crippen molar-refractivity contribution in [3.63, 3.8) is 0 Å². The number of fused-ring (bicyclic) bond motifs is 1. The molecule has 0 amide bonds. The molecule has 17 heavy (non-hydrogen) atoms. The van der Waals surface area contributed by atoms with Gasteiger partial charge in [-0.15, -0.1) is 0 Å². The summed E-state index contributed by atoms with van der Waals surface area (Å²) in [5.41, 5.74) is 3.30. The largest absolute Gasteiger partial charge is 0.392 e. The number of aryl methyl sites for hydroxylation is 1. The maximum atomic E-state index is 9.49. The molecule has 0 radical (unpaired) electrons. The minimum absolute atomic E-state index is 0.159. The zero-order chi connectivity index (χ0) is 11.8. The molecule has 0 aliphatic carbocycles. The number of aliphatic hydroxyl groups excluding tert-OH is 1. The van der Waals surface area contributed by atoms with Crippen LogP contribution in [0.15, 0.2) is 24.5 Å². The van der Waals surface area contributed by atoms with Crippen LogP contribution in [0.25, 0.3) is 5.65 Å². The van der Waals surface area contributed by atoms with Crippen LogP contribution in [0.2, 0.25) is 0 Å². The van der Waals surface area contributed by atoms with Gasteiger partial charge in [0.1, 0.15) is 5.65 Å². The SMILES string of the molecule is Cc1cccn2cc(CN3CC[C@H](O)C3)nc12. The second kappa shape index (κ2) is 4.13. The molecule has 1 N–H and O–H groups in total. The maximum Gasteiger partial charge on any atom is 0.139 e. The lowest BCUT2D eigenvalue weighted by molar-refractivity contribution is 0.174. The van der Waals surface area contributed by atoms with Crippen LogP contribution < -0.4 is 0 Å². The van der Waals surface area contributed by atoms with Crippen LogP contribution >= 0.6 is 0 Å². The van der Waals surface area contributed by atoms with Crippen molar-refractivity contribution in [3.8, 4) is 0 Å². The zero-order valence-corrected chi connectivity index (χ0v) is 10.0. The van der Waals surface area contributed by atoms with Crippen molar-refractivity contribution in [1.29, 1.82) is 0 Å². The van der Waals surface area contributed by atoms with Gasteiger partial charge in [0.15, 0.2) is 0 Å². The maximum absolute atomic E-state index is 9.49. The summed E-state index contributed by atoms with van der Waals surface area (Å²) in [5.74, 6) is 0. The number of hydrogen-bond acceptors (Lipinski definition) is 3. The normalized spacial score (nSPS) is 21.4. The predicted octanol–water partition coefficient (Wildman–Crippen LogP) is 1.21. The van der Waals surface area contributed by atoms with Crippen LogP contribution in [0, 0.1) is 6.92 Å². The van der Waals surface area contributed by atoms with Gasteiger partial charge < -0.3 is 9.51 Å². The lowest BCUT2D eigenvalue weighted by Crippen LogP contribution is -2.21. The fourth-order valence-corrected chi connectivity index (χ4v) is 2.47. The molecule has 0 saturated carbocycles. The monoisotopic (exact) mass is 231 g/mol. The molecule has 90 valence electrons. The molecule has 0 spiro atoms. The Balaban J connectivity index is 1.84. The van der Waals surface area contributed by atoms with Gasteiger partial charge in [-0.25, -0.2) is 4.98 Å². The van der Waals surface area contributed by atoms with E-state index < -0.39 is 0 Å². The first kappa shape index (κ1) is 10.7. The van der Waals surface area contributed by atoms with Gasteiger partial charge in [-0.1, -0.05) is 6.07 Å². The van der Waals surface area contributed by atoms with Crippen molar-refractivity contribution in [2.24, 2.45) is 0 Å². The third-order valence-corrected chi connectivity index (χ3v) is 3.36. The number of aromatic nitrogens is 2. The molecule has 1 aliphatic heterocycles. The Morgan fingerprint density at radius 2 is 2.41 bits per heavy atom. The Morgan fingerprint density at radius 3 is 3.12 bits per heavy atom. The second-order valence-corrected chi connectivity index (χ2v) is 4.83. The second-order valence-electron chi connectivity index (χ2n) is 4.83. The summed E-state index contributed by atoms with van der Waals surface area (Å²) in [5, 5.41) is 9.49. The van der Waals surface area contributed by atoms with E-state index in [0.717, 1.165) is 37.4 Å². The average Bonchev–Trinajstić information content (AvgIpc) is 2.86. The molecule has 0 bridgehead atoms. The van der Waals surface area contributed by atoms with Crippen LogP contribution in [0.5, 0.6) is 0 Å². The molecule has 3 rings (SSSR count). The number of likely N-dealkylation sites (tertiary alicyclic amines) is 1. The van der Waals surface area contributed by atoms with Crippen LogP contribution in [-0.4, -0.2) is 38.6 Å². The molecular formula is C13H17N3O. The van der Waals surface area contributed by atoms with E-state index in [1.54, 1.807) is 0 Å². The number of hydrogen-bond donors (Lipinski definition) is 1. The zero-order valence-electron chi connectivity index (χ0n) is 10.0. The van der Waals surface area contributed by atoms with E-state index in [2.05, 4.69) is 33.5 Å². The van der Waals surface area contributed by atoms with Gasteiger partial charge in [0.05, 0.1) is 11.8 Å². The van der Waals surface area contributed by atoms with E-state index in [1.807, 2.05) is 12.3 Å². The Kier molecular flexibility index (Phi) is 2.61. The van der Waals surface area contributed by atoms with Crippen molar-refractivity contribution >= 4 is 5.65 Å². The average molecular weight is 231 g/mol. The van der Waals surface area contributed by atoms with Crippen molar-refractivity contribution in [2.45, 2.75) is 26.0 Å². The van der Waals surface area contributed by atoms with Gasteiger partial charge in [-0.05, 0) is 25.0 Å². The minimum Gasteiger partial charge on any atom is -0.392 e. The number of rotatable bonds is 2. The predicted molar refractivity (Wildman–Crippen MR) is 65.8 cm³/mol. The van der Waals surface area contributed by atoms with Crippen LogP contribution in [-0.2, 0) is 6.54 Å². The van der Waals surface area contributed by atoms with Gasteiger partial charge in [-0.2, -0.15) is 0 Å². The molecule has 1 fully saturated rings. The Morgan fingerprint density at radius 1 is 1.53 bits per heavy atom. The van der Waals surface area contributed by atoms with Gasteiger partial charge >= 0.3 is 0 Å². The van der Waals surface area contributed by atoms with E-state index >= 15 is 0 Å². The van der Waals surface area contributed by atoms with Crippen LogP contribution in [0.1, 0.15) is 17.7 Å². The van der Waals surface area contributed by atoms with Gasteiger partial charge in [0.2, 0.25) is 0 Å². The molecule has 1 saturated heterocycles. The first-order valence-corrected chi connectivity index (χ1v) is 6.06. The van der Waals surface area contributed by atoms with Crippen molar-refractivity contribution < 1.29 is 5.11 Å². The van der Waals surface area contributed by atoms with Gasteiger partial charge in [0.25, 0.3) is 0 Å². The summed E-state index contributed by atoms with van der Waals surface area (Å²) in [7, 11) is 0. The summed E-state index contributed by atoms with van der Waals surface area (Å²) in [6.07, 6.45) is 4.82. The highest BCUT2D eigenvalue weighted by Gasteiger charge is 2.20. The number of β-amino-alcohol motifs (C(OH)–C–C–N with tert-alkyl or cyclic N) is 1. The Bertz CT molecular complexity index is 534. The summed E-state index contributed by atoms with van der Waals surface area (Å²) in [4.78, 5) is 6.89. The first-order valence-electron chi connectivity index (χ1n) is 6.06. The molecule has 3 heterocycles. The number of pyridine rings is 1. The van der Waals surface area contributed by atoms with Crippen LogP contribution in [0.3, 0.4) is 0 Å². The van der Waals surface area contributed by atoms with Gasteiger partial charge in [0, 0.05) is 32.0 Å². The lowest BCUT2D eigenvalue weighted by Gasteiger charge is -2.12. The van der Waals surface area contributed by atoms with E-state index in [-0.39, 0.29) is 6.10 Å². The smallest absolute Gasteiger partial charge is 0.139 e. The third kappa shape index (κ3) is 2.06. The van der Waals surface area contributed by atoms with Crippen molar-refractivity contribution in [3.05, 3.63) is 35.8 Å². The molecule has 0 aromatic carbocycles. The molecule has 1 atom stereocenters. The van der Waals surface area contributed by atoms with Crippen molar-refractivity contribution in [2.75, 3.05) is 13.1 Å². The fraction of sp³-hybridized carbons (Fsp3) is 0.462. The molecule has 4 nitrogen and oxygen atoms in total. The van der Waals surface area contributed by atoms with E-state index in [4.69, 9.17) is 0 Å². The summed E-state index contributed by atoms with van der Waals surface area (Å²) in [6.45, 7) is 4.64. The Hall–Kier alpha value is -1.39. The topological polar surface area (TPSA) is 40.8 Å². The summed E-state index contributed by atoms with van der Waals surface area (Å²) >= 11 is 0. The molecule has 2 aromatic rings. The molecule has 1 aliphatic rings. The number of nitrogens with zero attached hydrogens (tertiary/aromatic N) is 3. The molecule has 0 unspecified atom stereocenters. The number of imidazole rings is 1. The highest BCUT2D eigenvalue weighted by molar-refractivity contribution is 5.47. The summed E-state index contributed by atoms with van der Waals surface area (Å²) < 4.78 is 2.07. The standard InChI is InChI=1S/C13H17N3O/c1-10-3-2-5-16-8-11(14-13(10)16)7-15-6-4-12(17)9-15/h2-3,5,8,12,17H,4,6-7,9H2,1H3/t12-/m0/s1. The number of aliphatic hydroxyl groups is 1. The quantitative estimate of drug-likeness (QED) is 0.844. The Labute approximate surface area is 101 Å².